The molecule has 4 aromatic carbocycles. The Bertz CT molecular complexity index is 1140. The van der Waals surface area contributed by atoms with E-state index in [0.717, 1.165) is 11.4 Å². The first-order valence-electron chi connectivity index (χ1n) is 9.62. The van der Waals surface area contributed by atoms with Gasteiger partial charge in [0.2, 0.25) is 0 Å². The van der Waals surface area contributed by atoms with Gasteiger partial charge in [0.05, 0.1) is 11.4 Å². The van der Waals surface area contributed by atoms with Gasteiger partial charge in [0.25, 0.3) is 0 Å². The monoisotopic (exact) mass is 388 g/mol. The van der Waals surface area contributed by atoms with Gasteiger partial charge in [-0.1, -0.05) is 97.1 Å². The van der Waals surface area contributed by atoms with E-state index in [1.165, 1.54) is 56.6 Å². The molecular weight excluding hydrogens is 372 g/mol. The molecule has 4 aromatic rings. The van der Waals surface area contributed by atoms with E-state index in [1.807, 2.05) is 0 Å². The number of rotatable bonds is 2. The molecule has 0 atom stereocenters. The van der Waals surface area contributed by atoms with Gasteiger partial charge >= 0.3 is 0 Å². The van der Waals surface area contributed by atoms with Gasteiger partial charge < -0.3 is 0 Å². The molecule has 0 spiro atoms. The minimum atomic E-state index is 1.00. The SMILES string of the molecule is c1ccc2c(c1)C(=NSN=C1c3ccccc3-c3ccccc31)c1ccccc1-2. The lowest BCUT2D eigenvalue weighted by Crippen LogP contribution is -1.98. The summed E-state index contributed by atoms with van der Waals surface area (Å²) in [5.41, 5.74) is 11.7. The summed E-state index contributed by atoms with van der Waals surface area (Å²) in [6.07, 6.45) is 0. The summed E-state index contributed by atoms with van der Waals surface area (Å²) in [6.45, 7) is 0. The average Bonchev–Trinajstić information content (AvgIpc) is 3.28. The topological polar surface area (TPSA) is 24.7 Å². The number of hydrogen-bond donors (Lipinski definition) is 0. The van der Waals surface area contributed by atoms with Gasteiger partial charge in [-0.3, -0.25) is 0 Å². The van der Waals surface area contributed by atoms with Crippen LogP contribution < -0.4 is 0 Å². The molecule has 2 aliphatic rings. The molecule has 0 aromatic heterocycles. The van der Waals surface area contributed by atoms with E-state index in [0.29, 0.717) is 0 Å². The Balaban J connectivity index is 1.44. The van der Waals surface area contributed by atoms with Crippen LogP contribution in [0, 0.1) is 0 Å². The van der Waals surface area contributed by atoms with Crippen LogP contribution in [0.3, 0.4) is 0 Å². The largest absolute Gasteiger partial charge is 0.192 e. The van der Waals surface area contributed by atoms with Gasteiger partial charge in [-0.15, -0.1) is 0 Å². The van der Waals surface area contributed by atoms with E-state index in [2.05, 4.69) is 97.1 Å². The van der Waals surface area contributed by atoms with Crippen LogP contribution in [0.1, 0.15) is 22.3 Å². The maximum atomic E-state index is 4.86. The molecule has 0 aliphatic heterocycles. The minimum absolute atomic E-state index is 1.00. The van der Waals surface area contributed by atoms with Crippen molar-refractivity contribution in [2.75, 3.05) is 0 Å². The molecule has 0 fully saturated rings. The lowest BCUT2D eigenvalue weighted by Gasteiger charge is -2.01. The third-order valence-electron chi connectivity index (χ3n) is 5.57. The lowest BCUT2D eigenvalue weighted by molar-refractivity contribution is 1.65. The second-order valence-corrected chi connectivity index (χ2v) is 7.67. The third-order valence-corrected chi connectivity index (χ3v) is 6.10. The average molecular weight is 388 g/mol. The van der Waals surface area contributed by atoms with Crippen LogP contribution in [-0.2, 0) is 0 Å². The van der Waals surface area contributed by atoms with Gasteiger partial charge in [0.1, 0.15) is 12.1 Å². The van der Waals surface area contributed by atoms with Gasteiger partial charge in [-0.05, 0) is 22.3 Å². The molecule has 0 heterocycles. The summed E-state index contributed by atoms with van der Waals surface area (Å²) in [7, 11) is 0. The predicted octanol–water partition coefficient (Wildman–Crippen LogP) is 6.59. The second kappa shape index (κ2) is 6.57. The number of fused-ring (bicyclic) bond motifs is 6. The van der Waals surface area contributed by atoms with Gasteiger partial charge in [0.15, 0.2) is 0 Å². The van der Waals surface area contributed by atoms with Crippen molar-refractivity contribution < 1.29 is 0 Å². The van der Waals surface area contributed by atoms with E-state index >= 15 is 0 Å². The zero-order valence-electron chi connectivity index (χ0n) is 15.5. The van der Waals surface area contributed by atoms with E-state index < -0.39 is 0 Å². The van der Waals surface area contributed by atoms with Crippen molar-refractivity contribution in [1.29, 1.82) is 0 Å². The molecule has 0 unspecified atom stereocenters. The smallest absolute Gasteiger partial charge is 0.116 e. The quantitative estimate of drug-likeness (QED) is 0.307. The minimum Gasteiger partial charge on any atom is -0.192 e. The Morgan fingerprint density at radius 3 is 0.862 bits per heavy atom. The zero-order valence-corrected chi connectivity index (χ0v) is 16.4. The fraction of sp³-hybridized carbons (Fsp3) is 0. The first-order valence-corrected chi connectivity index (χ1v) is 10.4. The Hall–Kier alpha value is -3.43. The van der Waals surface area contributed by atoms with Gasteiger partial charge in [0, 0.05) is 22.3 Å². The first-order chi connectivity index (χ1) is 14.4. The Morgan fingerprint density at radius 2 is 0.586 bits per heavy atom. The summed E-state index contributed by atoms with van der Waals surface area (Å²) in [6, 6.07) is 33.8. The molecule has 0 saturated heterocycles. The zero-order chi connectivity index (χ0) is 19.2. The highest BCUT2D eigenvalue weighted by Crippen LogP contribution is 2.39. The van der Waals surface area contributed by atoms with Crippen molar-refractivity contribution in [3.8, 4) is 22.3 Å². The van der Waals surface area contributed by atoms with Crippen molar-refractivity contribution >= 4 is 23.6 Å². The van der Waals surface area contributed by atoms with Crippen LogP contribution in [-0.4, -0.2) is 11.4 Å². The van der Waals surface area contributed by atoms with E-state index in [-0.39, 0.29) is 0 Å². The fourth-order valence-electron chi connectivity index (χ4n) is 4.29. The van der Waals surface area contributed by atoms with Gasteiger partial charge in [-0.2, -0.15) is 8.80 Å². The van der Waals surface area contributed by atoms with Crippen LogP contribution in [0.15, 0.2) is 106 Å². The van der Waals surface area contributed by atoms with E-state index in [4.69, 9.17) is 8.80 Å². The van der Waals surface area contributed by atoms with Crippen molar-refractivity contribution in [1.82, 2.24) is 0 Å². The summed E-state index contributed by atoms with van der Waals surface area (Å²) >= 11 is 1.28. The van der Waals surface area contributed by atoms with Crippen LogP contribution in [0.25, 0.3) is 22.3 Å². The Morgan fingerprint density at radius 1 is 0.345 bits per heavy atom. The van der Waals surface area contributed by atoms with E-state index in [9.17, 15) is 0 Å². The number of benzene rings is 4. The molecular formula is C26H16N2S. The number of hydrogen-bond acceptors (Lipinski definition) is 3. The van der Waals surface area contributed by atoms with Crippen molar-refractivity contribution in [2.24, 2.45) is 8.80 Å². The highest BCUT2D eigenvalue weighted by molar-refractivity contribution is 7.97. The second-order valence-electron chi connectivity index (χ2n) is 7.14. The van der Waals surface area contributed by atoms with Crippen LogP contribution in [0.5, 0.6) is 0 Å². The Kier molecular flexibility index (Phi) is 3.74. The normalized spacial score (nSPS) is 12.8. The fourth-order valence-corrected chi connectivity index (χ4v) is 4.88. The molecule has 0 radical (unpaired) electrons. The number of nitrogens with zero attached hydrogens (tertiary/aromatic N) is 2. The highest BCUT2D eigenvalue weighted by atomic mass is 32.2. The van der Waals surface area contributed by atoms with Crippen LogP contribution >= 0.6 is 12.1 Å². The molecule has 0 N–H and O–H groups in total. The third kappa shape index (κ3) is 2.51. The van der Waals surface area contributed by atoms with Crippen molar-refractivity contribution in [3.05, 3.63) is 119 Å². The molecule has 6 rings (SSSR count). The maximum absolute atomic E-state index is 4.86. The summed E-state index contributed by atoms with van der Waals surface area (Å²) < 4.78 is 9.72. The van der Waals surface area contributed by atoms with Crippen LogP contribution in [0.4, 0.5) is 0 Å². The highest BCUT2D eigenvalue weighted by Gasteiger charge is 2.25. The van der Waals surface area contributed by atoms with Crippen LogP contribution in [0.2, 0.25) is 0 Å². The van der Waals surface area contributed by atoms with Gasteiger partial charge in [-0.25, -0.2) is 0 Å². The molecule has 29 heavy (non-hydrogen) atoms. The maximum Gasteiger partial charge on any atom is 0.116 e. The molecule has 136 valence electrons. The summed E-state index contributed by atoms with van der Waals surface area (Å²) in [4.78, 5) is 0. The molecule has 0 bridgehead atoms. The predicted molar refractivity (Wildman–Crippen MR) is 123 cm³/mol. The summed E-state index contributed by atoms with van der Waals surface area (Å²) in [5.74, 6) is 0. The van der Waals surface area contributed by atoms with E-state index in [1.54, 1.807) is 0 Å². The lowest BCUT2D eigenvalue weighted by atomic mass is 10.1. The van der Waals surface area contributed by atoms with Crippen molar-refractivity contribution in [3.63, 3.8) is 0 Å². The molecule has 2 aliphatic carbocycles. The van der Waals surface area contributed by atoms with Crippen molar-refractivity contribution in [2.45, 2.75) is 0 Å². The Labute approximate surface area is 174 Å². The summed E-state index contributed by atoms with van der Waals surface area (Å²) in [5, 5.41) is 0. The molecule has 0 saturated carbocycles. The molecule has 3 heteroatoms. The first kappa shape index (κ1) is 16.5. The molecule has 2 nitrogen and oxygen atoms in total. The standard InChI is InChI=1S/C26H16N2S/c1-5-13-21-17(9-1)18-10-2-6-14-22(18)25(21)27-29-28-26-23-15-7-3-11-19(23)20-12-4-8-16-24(20)26/h1-16H. The molecule has 0 amide bonds.